The molecule has 7 heteroatoms. The van der Waals surface area contributed by atoms with Crippen LogP contribution in [0.5, 0.6) is 0 Å². The Kier molecular flexibility index (Phi) is 6.89. The van der Waals surface area contributed by atoms with Crippen LogP contribution < -0.4 is 11.1 Å². The van der Waals surface area contributed by atoms with Gasteiger partial charge < -0.3 is 20.5 Å². The van der Waals surface area contributed by atoms with Crippen molar-refractivity contribution in [3.63, 3.8) is 0 Å². The molecule has 24 heavy (non-hydrogen) atoms. The maximum atomic E-state index is 12.7. The van der Waals surface area contributed by atoms with Crippen molar-refractivity contribution in [3.8, 4) is 0 Å². The van der Waals surface area contributed by atoms with Gasteiger partial charge in [-0.2, -0.15) is 0 Å². The van der Waals surface area contributed by atoms with Gasteiger partial charge in [-0.15, -0.1) is 12.4 Å². The summed E-state index contributed by atoms with van der Waals surface area (Å²) in [4.78, 5) is 12.7. The number of amides is 1. The molecule has 0 aromatic heterocycles. The second-order valence-electron chi connectivity index (χ2n) is 6.25. The lowest BCUT2D eigenvalue weighted by atomic mass is 9.82. The lowest BCUT2D eigenvalue weighted by Crippen LogP contribution is -2.52. The molecule has 0 unspecified atom stereocenters. The van der Waals surface area contributed by atoms with E-state index in [1.54, 1.807) is 0 Å². The molecule has 0 radical (unpaired) electrons. The van der Waals surface area contributed by atoms with Gasteiger partial charge >= 0.3 is 0 Å². The lowest BCUT2D eigenvalue weighted by Gasteiger charge is -2.39. The predicted octanol–water partition coefficient (Wildman–Crippen LogP) is 2.39. The summed E-state index contributed by atoms with van der Waals surface area (Å²) in [6.07, 6.45) is 2.63. The second kappa shape index (κ2) is 8.50. The van der Waals surface area contributed by atoms with Crippen LogP contribution in [0.4, 0.5) is 0 Å². The number of carbonyl (C=O) groups excluding carboxylic acids is 1. The topological polar surface area (TPSA) is 73.6 Å². The van der Waals surface area contributed by atoms with Crippen LogP contribution in [-0.2, 0) is 19.8 Å². The van der Waals surface area contributed by atoms with Crippen molar-refractivity contribution in [3.05, 3.63) is 34.9 Å². The Hall–Kier alpha value is -0.850. The number of carbonyl (C=O) groups is 1. The Bertz CT molecular complexity index is 547. The van der Waals surface area contributed by atoms with E-state index in [0.717, 1.165) is 31.2 Å². The van der Waals surface area contributed by atoms with Gasteiger partial charge in [0.1, 0.15) is 6.10 Å². The molecule has 2 aliphatic heterocycles. The maximum Gasteiger partial charge on any atom is 0.249 e. The summed E-state index contributed by atoms with van der Waals surface area (Å²) in [5, 5.41) is 3.91. The SMILES string of the molecule is Cl.NC[C@H]1CC[C@@H](C(=O)NC2(c3ccc(Cl)cc3)CCOCC2)O1. The summed E-state index contributed by atoms with van der Waals surface area (Å²) in [6, 6.07) is 7.67. The second-order valence-corrected chi connectivity index (χ2v) is 6.69. The van der Waals surface area contributed by atoms with Crippen LogP contribution in [0, 0.1) is 0 Å². The first-order chi connectivity index (χ1) is 11.1. The van der Waals surface area contributed by atoms with Gasteiger partial charge in [0.05, 0.1) is 11.6 Å². The lowest BCUT2D eigenvalue weighted by molar-refractivity contribution is -0.135. The van der Waals surface area contributed by atoms with E-state index in [1.807, 2.05) is 24.3 Å². The Morgan fingerprint density at radius 1 is 1.25 bits per heavy atom. The standard InChI is InChI=1S/C17H23ClN2O3.ClH/c18-13-3-1-12(2-4-13)17(7-9-22-10-8-17)20-16(21)15-6-5-14(11-19)23-15;/h1-4,14-15H,5-11,19H2,(H,20,21);1H/t14-,15+;/m1./s1. The van der Waals surface area contributed by atoms with E-state index in [0.29, 0.717) is 24.8 Å². The molecule has 3 rings (SSSR count). The number of ether oxygens (including phenoxy) is 2. The number of rotatable bonds is 4. The molecule has 1 aromatic carbocycles. The fraction of sp³-hybridized carbons (Fsp3) is 0.588. The van der Waals surface area contributed by atoms with E-state index in [1.165, 1.54) is 0 Å². The Balaban J connectivity index is 0.00000208. The van der Waals surface area contributed by atoms with E-state index in [9.17, 15) is 4.79 Å². The summed E-state index contributed by atoms with van der Waals surface area (Å²) < 4.78 is 11.2. The zero-order valence-corrected chi connectivity index (χ0v) is 15.1. The fourth-order valence-electron chi connectivity index (χ4n) is 3.36. The van der Waals surface area contributed by atoms with Gasteiger partial charge in [-0.05, 0) is 43.4 Å². The van der Waals surface area contributed by atoms with Crippen molar-refractivity contribution in [1.82, 2.24) is 5.32 Å². The third-order valence-corrected chi connectivity index (χ3v) is 5.02. The molecule has 0 saturated carbocycles. The average molecular weight is 375 g/mol. The first kappa shape index (κ1) is 19.5. The van der Waals surface area contributed by atoms with Crippen molar-refractivity contribution in [2.45, 2.75) is 43.4 Å². The van der Waals surface area contributed by atoms with E-state index in [2.05, 4.69) is 5.32 Å². The molecule has 2 atom stereocenters. The van der Waals surface area contributed by atoms with Crippen LogP contribution in [0.25, 0.3) is 0 Å². The number of benzene rings is 1. The molecule has 2 heterocycles. The number of nitrogens with two attached hydrogens (primary N) is 1. The highest BCUT2D eigenvalue weighted by atomic mass is 35.5. The van der Waals surface area contributed by atoms with Gasteiger partial charge in [0.2, 0.25) is 5.91 Å². The molecule has 0 spiro atoms. The predicted molar refractivity (Wildman–Crippen MR) is 95.5 cm³/mol. The highest BCUT2D eigenvalue weighted by molar-refractivity contribution is 6.30. The quantitative estimate of drug-likeness (QED) is 0.848. The summed E-state index contributed by atoms with van der Waals surface area (Å²) in [5.41, 5.74) is 6.28. The minimum absolute atomic E-state index is 0. The number of nitrogens with one attached hydrogen (secondary N) is 1. The van der Waals surface area contributed by atoms with Gasteiger partial charge in [-0.25, -0.2) is 0 Å². The van der Waals surface area contributed by atoms with Gasteiger partial charge in [-0.1, -0.05) is 23.7 Å². The molecule has 1 aromatic rings. The Morgan fingerprint density at radius 2 is 1.92 bits per heavy atom. The third-order valence-electron chi connectivity index (χ3n) is 4.77. The smallest absolute Gasteiger partial charge is 0.249 e. The first-order valence-corrected chi connectivity index (χ1v) is 8.52. The molecule has 0 bridgehead atoms. The van der Waals surface area contributed by atoms with Crippen molar-refractivity contribution < 1.29 is 14.3 Å². The van der Waals surface area contributed by atoms with Crippen molar-refractivity contribution >= 4 is 29.9 Å². The van der Waals surface area contributed by atoms with Crippen LogP contribution in [-0.4, -0.2) is 37.9 Å². The zero-order chi connectivity index (χ0) is 16.3. The van der Waals surface area contributed by atoms with Crippen LogP contribution in [0.2, 0.25) is 5.02 Å². The van der Waals surface area contributed by atoms with Crippen LogP contribution in [0.1, 0.15) is 31.2 Å². The van der Waals surface area contributed by atoms with Gasteiger partial charge in [-0.3, -0.25) is 4.79 Å². The molecular weight excluding hydrogens is 351 g/mol. The molecule has 5 nitrogen and oxygen atoms in total. The molecule has 134 valence electrons. The first-order valence-electron chi connectivity index (χ1n) is 8.14. The fourth-order valence-corrected chi connectivity index (χ4v) is 3.49. The van der Waals surface area contributed by atoms with Gasteiger partial charge in [0.25, 0.3) is 0 Å². The highest BCUT2D eigenvalue weighted by Crippen LogP contribution is 2.33. The normalized spacial score (nSPS) is 25.8. The van der Waals surface area contributed by atoms with Crippen molar-refractivity contribution in [2.75, 3.05) is 19.8 Å². The van der Waals surface area contributed by atoms with E-state index in [-0.39, 0.29) is 24.4 Å². The molecule has 2 aliphatic rings. The summed E-state index contributed by atoms with van der Waals surface area (Å²) in [5.74, 6) is -0.0576. The summed E-state index contributed by atoms with van der Waals surface area (Å²) in [6.45, 7) is 1.71. The van der Waals surface area contributed by atoms with Gasteiger partial charge in [0, 0.05) is 24.8 Å². The number of hydrogen-bond donors (Lipinski definition) is 2. The third kappa shape index (κ3) is 4.21. The largest absolute Gasteiger partial charge is 0.381 e. The Labute approximate surface area is 153 Å². The molecular formula is C17H24Cl2N2O3. The monoisotopic (exact) mass is 374 g/mol. The van der Waals surface area contributed by atoms with E-state index in [4.69, 9.17) is 26.8 Å². The molecule has 2 saturated heterocycles. The highest BCUT2D eigenvalue weighted by Gasteiger charge is 2.39. The van der Waals surface area contributed by atoms with Crippen LogP contribution >= 0.6 is 24.0 Å². The number of halogens is 2. The summed E-state index contributed by atoms with van der Waals surface area (Å²) in [7, 11) is 0. The molecule has 2 fully saturated rings. The van der Waals surface area contributed by atoms with Crippen LogP contribution in [0.15, 0.2) is 24.3 Å². The Morgan fingerprint density at radius 3 is 2.50 bits per heavy atom. The van der Waals surface area contributed by atoms with Gasteiger partial charge in [0.15, 0.2) is 0 Å². The summed E-state index contributed by atoms with van der Waals surface area (Å²) >= 11 is 5.99. The van der Waals surface area contributed by atoms with Crippen molar-refractivity contribution in [2.24, 2.45) is 5.73 Å². The molecule has 0 aliphatic carbocycles. The minimum Gasteiger partial charge on any atom is -0.381 e. The van der Waals surface area contributed by atoms with E-state index < -0.39 is 11.6 Å². The van der Waals surface area contributed by atoms with Crippen LogP contribution in [0.3, 0.4) is 0 Å². The maximum absolute atomic E-state index is 12.7. The van der Waals surface area contributed by atoms with E-state index >= 15 is 0 Å². The average Bonchev–Trinajstić information content (AvgIpc) is 3.05. The number of hydrogen-bond acceptors (Lipinski definition) is 4. The van der Waals surface area contributed by atoms with Crippen molar-refractivity contribution in [1.29, 1.82) is 0 Å². The molecule has 1 amide bonds. The minimum atomic E-state index is -0.413. The zero-order valence-electron chi connectivity index (χ0n) is 13.5. The molecule has 3 N–H and O–H groups in total.